The van der Waals surface area contributed by atoms with Crippen molar-refractivity contribution in [3.63, 3.8) is 0 Å². The van der Waals surface area contributed by atoms with Gasteiger partial charge in [0.1, 0.15) is 5.82 Å². The molecule has 5 rings (SSSR count). The molecule has 0 N–H and O–H groups in total. The molecule has 1 aliphatic rings. The van der Waals surface area contributed by atoms with Crippen LogP contribution in [0.2, 0.25) is 10.0 Å². The van der Waals surface area contributed by atoms with E-state index >= 15 is 0 Å². The second-order valence-corrected chi connectivity index (χ2v) is 8.96. The van der Waals surface area contributed by atoms with Crippen LogP contribution in [0.3, 0.4) is 0 Å². The van der Waals surface area contributed by atoms with Gasteiger partial charge in [-0.25, -0.2) is 9.97 Å². The van der Waals surface area contributed by atoms with Crippen LogP contribution in [0.4, 0.5) is 0 Å². The summed E-state index contributed by atoms with van der Waals surface area (Å²) in [5.41, 5.74) is 2.15. The molecule has 0 radical (unpaired) electrons. The van der Waals surface area contributed by atoms with Crippen molar-refractivity contribution in [3.8, 4) is 11.3 Å². The van der Waals surface area contributed by atoms with Gasteiger partial charge in [0.15, 0.2) is 17.8 Å². The number of aromatic nitrogens is 3. The normalized spacial score (nSPS) is 14.5. The van der Waals surface area contributed by atoms with E-state index in [1.807, 2.05) is 59.8 Å². The molecule has 3 heterocycles. The number of hydrogen-bond donors (Lipinski definition) is 0. The van der Waals surface area contributed by atoms with Crippen molar-refractivity contribution in [2.24, 2.45) is 0 Å². The molecule has 0 unspecified atom stereocenters. The number of nitrogens with zero attached hydrogens (tertiary/aromatic N) is 4. The molecule has 33 heavy (non-hydrogen) atoms. The number of likely N-dealkylation sites (tertiary alicyclic amines) is 1. The summed E-state index contributed by atoms with van der Waals surface area (Å²) >= 11 is 12.5. The van der Waals surface area contributed by atoms with Crippen LogP contribution in [0, 0.1) is 0 Å². The molecule has 0 bridgehead atoms. The van der Waals surface area contributed by atoms with Gasteiger partial charge in [-0.1, -0.05) is 53.5 Å². The van der Waals surface area contributed by atoms with Gasteiger partial charge >= 0.3 is 0 Å². The van der Waals surface area contributed by atoms with Gasteiger partial charge in [-0.2, -0.15) is 0 Å². The van der Waals surface area contributed by atoms with Crippen LogP contribution >= 0.6 is 23.2 Å². The Morgan fingerprint density at radius 2 is 1.85 bits per heavy atom. The summed E-state index contributed by atoms with van der Waals surface area (Å²) in [6.45, 7) is 1.87. The number of oxazole rings is 1. The lowest BCUT2D eigenvalue weighted by Gasteiger charge is -2.31. The fourth-order valence-electron chi connectivity index (χ4n) is 4.35. The lowest BCUT2D eigenvalue weighted by atomic mass is 9.95. The van der Waals surface area contributed by atoms with E-state index in [2.05, 4.69) is 14.5 Å². The number of hydrogen-bond acceptors (Lipinski definition) is 4. The first-order chi connectivity index (χ1) is 16.1. The zero-order valence-corrected chi connectivity index (χ0v) is 19.3. The number of rotatable bonds is 5. The minimum absolute atomic E-state index is 0.102. The average Bonchev–Trinajstić information content (AvgIpc) is 3.52. The summed E-state index contributed by atoms with van der Waals surface area (Å²) in [4.78, 5) is 23.9. The summed E-state index contributed by atoms with van der Waals surface area (Å²) in [6.07, 6.45) is 6.76. The van der Waals surface area contributed by atoms with Crippen LogP contribution in [0.25, 0.3) is 11.3 Å². The number of imidazole rings is 1. The van der Waals surface area contributed by atoms with Crippen molar-refractivity contribution >= 4 is 29.1 Å². The standard InChI is InChI=1S/C25H22Cl2N4O2/c26-20-6-7-21(27)19(14-20)15-31-13-10-28-24(31)18-8-11-30(12-9-18)25(32)22-23(33-16-29-22)17-4-2-1-3-5-17/h1-7,10,13-14,16,18H,8-9,11-12,15H2. The van der Waals surface area contributed by atoms with E-state index in [1.54, 1.807) is 6.07 Å². The van der Waals surface area contributed by atoms with Crippen LogP contribution in [0.1, 0.15) is 40.6 Å². The van der Waals surface area contributed by atoms with Crippen molar-refractivity contribution in [2.75, 3.05) is 13.1 Å². The number of benzene rings is 2. The minimum Gasteiger partial charge on any atom is -0.443 e. The number of amides is 1. The third-order valence-electron chi connectivity index (χ3n) is 6.05. The van der Waals surface area contributed by atoms with Crippen molar-refractivity contribution in [2.45, 2.75) is 25.3 Å². The molecule has 0 aliphatic carbocycles. The summed E-state index contributed by atoms with van der Waals surface area (Å²) in [7, 11) is 0. The average molecular weight is 481 g/mol. The Bertz CT molecular complexity index is 1260. The van der Waals surface area contributed by atoms with Gasteiger partial charge in [0.25, 0.3) is 5.91 Å². The number of halogens is 2. The molecule has 8 heteroatoms. The first kappa shape index (κ1) is 21.7. The fourth-order valence-corrected chi connectivity index (χ4v) is 4.72. The lowest BCUT2D eigenvalue weighted by molar-refractivity contribution is 0.0705. The Labute approximate surface area is 201 Å². The van der Waals surface area contributed by atoms with Crippen LogP contribution in [-0.2, 0) is 6.54 Å². The molecule has 2 aromatic carbocycles. The van der Waals surface area contributed by atoms with E-state index in [4.69, 9.17) is 27.6 Å². The smallest absolute Gasteiger partial charge is 0.276 e. The van der Waals surface area contributed by atoms with Gasteiger partial charge in [0, 0.05) is 47.0 Å². The minimum atomic E-state index is -0.102. The molecule has 4 aromatic rings. The fraction of sp³-hybridized carbons (Fsp3) is 0.240. The van der Waals surface area contributed by atoms with E-state index in [0.717, 1.165) is 29.8 Å². The van der Waals surface area contributed by atoms with Crippen LogP contribution in [-0.4, -0.2) is 38.4 Å². The first-order valence-electron chi connectivity index (χ1n) is 10.8. The molecule has 0 saturated carbocycles. The zero-order chi connectivity index (χ0) is 22.8. The summed E-state index contributed by atoms with van der Waals surface area (Å²) in [5.74, 6) is 1.67. The molecule has 1 amide bonds. The largest absolute Gasteiger partial charge is 0.443 e. The molecular formula is C25H22Cl2N4O2. The highest BCUT2D eigenvalue weighted by molar-refractivity contribution is 6.33. The van der Waals surface area contributed by atoms with Crippen molar-refractivity contribution in [1.82, 2.24) is 19.4 Å². The highest BCUT2D eigenvalue weighted by atomic mass is 35.5. The number of piperidine rings is 1. The summed E-state index contributed by atoms with van der Waals surface area (Å²) < 4.78 is 7.66. The van der Waals surface area contributed by atoms with Gasteiger partial charge in [0.2, 0.25) is 0 Å². The van der Waals surface area contributed by atoms with E-state index in [-0.39, 0.29) is 11.8 Å². The molecule has 6 nitrogen and oxygen atoms in total. The molecular weight excluding hydrogens is 459 g/mol. The lowest BCUT2D eigenvalue weighted by Crippen LogP contribution is -2.38. The summed E-state index contributed by atoms with van der Waals surface area (Å²) in [5, 5.41) is 1.34. The van der Waals surface area contributed by atoms with Gasteiger partial charge < -0.3 is 13.9 Å². The quantitative estimate of drug-likeness (QED) is 0.355. The van der Waals surface area contributed by atoms with E-state index in [9.17, 15) is 4.79 Å². The highest BCUT2D eigenvalue weighted by Crippen LogP contribution is 2.31. The van der Waals surface area contributed by atoms with E-state index in [0.29, 0.717) is 41.1 Å². The Kier molecular flexibility index (Phi) is 6.20. The maximum absolute atomic E-state index is 13.2. The van der Waals surface area contributed by atoms with Gasteiger partial charge in [-0.05, 0) is 36.6 Å². The Balaban J connectivity index is 1.27. The van der Waals surface area contributed by atoms with E-state index in [1.165, 1.54) is 6.39 Å². The van der Waals surface area contributed by atoms with E-state index < -0.39 is 0 Å². The molecule has 1 aliphatic heterocycles. The maximum atomic E-state index is 13.2. The highest BCUT2D eigenvalue weighted by Gasteiger charge is 2.30. The maximum Gasteiger partial charge on any atom is 0.276 e. The topological polar surface area (TPSA) is 64.2 Å². The Hall–Kier alpha value is -3.09. The van der Waals surface area contributed by atoms with Crippen LogP contribution < -0.4 is 0 Å². The summed E-state index contributed by atoms with van der Waals surface area (Å²) in [6, 6.07) is 15.1. The molecule has 0 atom stereocenters. The first-order valence-corrected chi connectivity index (χ1v) is 11.6. The Morgan fingerprint density at radius 3 is 2.64 bits per heavy atom. The van der Waals surface area contributed by atoms with Crippen LogP contribution in [0.5, 0.6) is 0 Å². The molecule has 2 aromatic heterocycles. The second kappa shape index (κ2) is 9.41. The monoisotopic (exact) mass is 480 g/mol. The van der Waals surface area contributed by atoms with Crippen molar-refractivity contribution in [3.05, 3.63) is 94.4 Å². The van der Waals surface area contributed by atoms with Gasteiger partial charge in [0.05, 0.1) is 6.54 Å². The van der Waals surface area contributed by atoms with Crippen molar-refractivity contribution in [1.29, 1.82) is 0 Å². The van der Waals surface area contributed by atoms with Crippen molar-refractivity contribution < 1.29 is 9.21 Å². The predicted octanol–water partition coefficient (Wildman–Crippen LogP) is 5.91. The number of carbonyl (C=O) groups is 1. The second-order valence-electron chi connectivity index (χ2n) is 8.11. The third-order valence-corrected chi connectivity index (χ3v) is 6.65. The van der Waals surface area contributed by atoms with Crippen LogP contribution in [0.15, 0.2) is 71.7 Å². The molecule has 1 fully saturated rings. The van der Waals surface area contributed by atoms with Gasteiger partial charge in [-0.3, -0.25) is 4.79 Å². The Morgan fingerprint density at radius 1 is 1.06 bits per heavy atom. The predicted molar refractivity (Wildman–Crippen MR) is 128 cm³/mol. The van der Waals surface area contributed by atoms with Gasteiger partial charge in [-0.15, -0.1) is 0 Å². The SMILES string of the molecule is O=C(c1ncoc1-c1ccccc1)N1CCC(c2nccn2Cc2cc(Cl)ccc2Cl)CC1. The molecule has 0 spiro atoms. The number of carbonyl (C=O) groups excluding carboxylic acids is 1. The zero-order valence-electron chi connectivity index (χ0n) is 17.8. The molecule has 1 saturated heterocycles. The molecule has 168 valence electrons. The third kappa shape index (κ3) is 4.54.